The fraction of sp³-hybridized carbons (Fsp3) is 0.351. The number of ether oxygens (including phenoxy) is 6. The van der Waals surface area contributed by atoms with Crippen LogP contribution in [0.4, 0.5) is 0 Å². The molecule has 0 bridgehead atoms. The van der Waals surface area contributed by atoms with Crippen molar-refractivity contribution in [3.63, 3.8) is 0 Å². The molecule has 0 aliphatic carbocycles. The molecule has 4 aromatic carbocycles. The summed E-state index contributed by atoms with van der Waals surface area (Å²) >= 11 is 2.37. The van der Waals surface area contributed by atoms with Crippen LogP contribution < -0.4 is 0 Å². The highest BCUT2D eigenvalue weighted by molar-refractivity contribution is 14.1. The molecule has 1 aliphatic heterocycles. The van der Waals surface area contributed by atoms with E-state index in [4.69, 9.17) is 28.4 Å². The molecule has 1 saturated heterocycles. The van der Waals surface area contributed by atoms with Crippen LogP contribution >= 0.6 is 22.6 Å². The van der Waals surface area contributed by atoms with Gasteiger partial charge in [-0.2, -0.15) is 0 Å². The molecular formula is C37H41IO6. The summed E-state index contributed by atoms with van der Waals surface area (Å²) in [5.41, 5.74) is 4.30. The summed E-state index contributed by atoms with van der Waals surface area (Å²) in [5.74, 6) is 0. The van der Waals surface area contributed by atoms with Crippen LogP contribution in [0, 0.1) is 0 Å². The minimum Gasteiger partial charge on any atom is -0.374 e. The number of alkyl halides is 1. The van der Waals surface area contributed by atoms with Gasteiger partial charge >= 0.3 is 0 Å². The second-order valence-corrected chi connectivity index (χ2v) is 11.8. The Balaban J connectivity index is 1.41. The molecule has 44 heavy (non-hydrogen) atoms. The van der Waals surface area contributed by atoms with Crippen LogP contribution in [0.2, 0.25) is 0 Å². The lowest BCUT2D eigenvalue weighted by atomic mass is 9.97. The largest absolute Gasteiger partial charge is 0.374 e. The molecule has 0 spiro atoms. The van der Waals surface area contributed by atoms with Gasteiger partial charge in [0.2, 0.25) is 0 Å². The van der Waals surface area contributed by atoms with Crippen molar-refractivity contribution in [1.82, 2.24) is 0 Å². The van der Waals surface area contributed by atoms with E-state index >= 15 is 0 Å². The second-order valence-electron chi connectivity index (χ2n) is 10.7. The third-order valence-electron chi connectivity index (χ3n) is 7.40. The molecule has 232 valence electrons. The third kappa shape index (κ3) is 10.2. The van der Waals surface area contributed by atoms with Crippen molar-refractivity contribution < 1.29 is 28.4 Å². The Morgan fingerprint density at radius 3 is 1.41 bits per heavy atom. The highest BCUT2D eigenvalue weighted by Crippen LogP contribution is 2.31. The Morgan fingerprint density at radius 1 is 0.500 bits per heavy atom. The molecule has 0 amide bonds. The molecule has 1 aliphatic rings. The van der Waals surface area contributed by atoms with Crippen molar-refractivity contribution in [2.24, 2.45) is 0 Å². The van der Waals surface area contributed by atoms with Gasteiger partial charge in [0.05, 0.1) is 39.6 Å². The molecule has 1 heterocycles. The molecule has 6 nitrogen and oxygen atoms in total. The predicted molar refractivity (Wildman–Crippen MR) is 179 cm³/mol. The maximum atomic E-state index is 6.74. The fourth-order valence-electron chi connectivity index (χ4n) is 5.14. The molecule has 5 rings (SSSR count). The van der Waals surface area contributed by atoms with Crippen molar-refractivity contribution in [1.29, 1.82) is 0 Å². The van der Waals surface area contributed by atoms with E-state index in [-0.39, 0.29) is 0 Å². The quantitative estimate of drug-likeness (QED) is 0.0643. The van der Waals surface area contributed by atoms with Crippen LogP contribution in [-0.2, 0) is 54.8 Å². The normalized spacial score (nSPS) is 21.7. The van der Waals surface area contributed by atoms with E-state index in [9.17, 15) is 0 Å². The van der Waals surface area contributed by atoms with Crippen molar-refractivity contribution in [2.75, 3.05) is 17.6 Å². The number of hydrogen-bond donors (Lipinski definition) is 0. The zero-order valence-corrected chi connectivity index (χ0v) is 27.1. The van der Waals surface area contributed by atoms with Gasteiger partial charge in [-0.25, -0.2) is 0 Å². The third-order valence-corrected chi connectivity index (χ3v) is 8.16. The molecule has 0 saturated carbocycles. The first-order valence-corrected chi connectivity index (χ1v) is 16.7. The minimum atomic E-state index is -0.649. The first-order chi connectivity index (χ1) is 21.8. The topological polar surface area (TPSA) is 55.4 Å². The van der Waals surface area contributed by atoms with Gasteiger partial charge in [0.1, 0.15) is 24.4 Å². The molecule has 0 N–H and O–H groups in total. The number of benzene rings is 4. The lowest BCUT2D eigenvalue weighted by Crippen LogP contribution is -2.61. The molecule has 0 unspecified atom stereocenters. The van der Waals surface area contributed by atoms with Gasteiger partial charge in [0.15, 0.2) is 6.29 Å². The summed E-state index contributed by atoms with van der Waals surface area (Å²) in [4.78, 5) is 0. The monoisotopic (exact) mass is 708 g/mol. The van der Waals surface area contributed by atoms with Crippen molar-refractivity contribution in [3.05, 3.63) is 144 Å². The first-order valence-electron chi connectivity index (χ1n) is 15.2. The maximum Gasteiger partial charge on any atom is 0.186 e. The van der Waals surface area contributed by atoms with Gasteiger partial charge in [-0.3, -0.25) is 0 Å². The Labute approximate surface area is 274 Å². The average Bonchev–Trinajstić information content (AvgIpc) is 3.08. The van der Waals surface area contributed by atoms with Crippen LogP contribution in [0.5, 0.6) is 0 Å². The highest BCUT2D eigenvalue weighted by Gasteiger charge is 2.49. The molecule has 4 aromatic rings. The Kier molecular flexibility index (Phi) is 13.7. The molecule has 1 fully saturated rings. The van der Waals surface area contributed by atoms with Gasteiger partial charge in [-0.1, -0.05) is 144 Å². The lowest BCUT2D eigenvalue weighted by Gasteiger charge is -2.46. The van der Waals surface area contributed by atoms with E-state index in [2.05, 4.69) is 71.1 Å². The lowest BCUT2D eigenvalue weighted by molar-refractivity contribution is -0.328. The van der Waals surface area contributed by atoms with Gasteiger partial charge in [-0.05, 0) is 28.7 Å². The van der Waals surface area contributed by atoms with E-state index in [1.54, 1.807) is 0 Å². The van der Waals surface area contributed by atoms with Gasteiger partial charge in [0, 0.05) is 4.43 Å². The predicted octanol–water partition coefficient (Wildman–Crippen LogP) is 7.53. The van der Waals surface area contributed by atoms with E-state index in [1.165, 1.54) is 0 Å². The first kappa shape index (κ1) is 32.8. The number of halogens is 1. The van der Waals surface area contributed by atoms with Crippen LogP contribution in [0.1, 0.15) is 28.7 Å². The fourth-order valence-corrected chi connectivity index (χ4v) is 5.45. The van der Waals surface area contributed by atoms with Gasteiger partial charge in [-0.15, -0.1) is 0 Å². The smallest absolute Gasteiger partial charge is 0.186 e. The van der Waals surface area contributed by atoms with E-state index in [0.717, 1.165) is 33.1 Å². The van der Waals surface area contributed by atoms with Gasteiger partial charge < -0.3 is 28.4 Å². The van der Waals surface area contributed by atoms with Crippen LogP contribution in [-0.4, -0.2) is 48.3 Å². The van der Waals surface area contributed by atoms with Crippen molar-refractivity contribution in [2.45, 2.75) is 63.6 Å². The Hall–Kier alpha value is -2.63. The van der Waals surface area contributed by atoms with E-state index < -0.39 is 30.7 Å². The zero-order chi connectivity index (χ0) is 30.2. The SMILES string of the molecule is ICCCO[C@@H]1O[C@H](COCc2ccccc2)[C@@H](OCc2ccccc2)[C@H](OCc2ccccc2)[C@H]1OCc1ccccc1. The molecular weight excluding hydrogens is 667 g/mol. The Morgan fingerprint density at radius 2 is 0.932 bits per heavy atom. The molecule has 0 radical (unpaired) electrons. The molecule has 7 heteroatoms. The molecule has 0 aromatic heterocycles. The zero-order valence-electron chi connectivity index (χ0n) is 24.9. The summed E-state index contributed by atoms with van der Waals surface area (Å²) in [6.07, 6.45) is -1.66. The highest BCUT2D eigenvalue weighted by atomic mass is 127. The maximum absolute atomic E-state index is 6.74. The molecule has 5 atom stereocenters. The van der Waals surface area contributed by atoms with Crippen LogP contribution in [0.25, 0.3) is 0 Å². The summed E-state index contributed by atoms with van der Waals surface area (Å²) in [5, 5.41) is 0. The summed E-state index contributed by atoms with van der Waals surface area (Å²) < 4.78 is 40.3. The summed E-state index contributed by atoms with van der Waals surface area (Å²) in [6.45, 7) is 2.54. The Bertz CT molecular complexity index is 1310. The van der Waals surface area contributed by atoms with Crippen LogP contribution in [0.3, 0.4) is 0 Å². The second kappa shape index (κ2) is 18.4. The number of rotatable bonds is 17. The van der Waals surface area contributed by atoms with Crippen LogP contribution in [0.15, 0.2) is 121 Å². The van der Waals surface area contributed by atoms with Crippen molar-refractivity contribution >= 4 is 22.6 Å². The number of hydrogen-bond acceptors (Lipinski definition) is 6. The van der Waals surface area contributed by atoms with E-state index in [0.29, 0.717) is 39.6 Å². The van der Waals surface area contributed by atoms with Gasteiger partial charge in [0.25, 0.3) is 0 Å². The summed E-state index contributed by atoms with van der Waals surface area (Å²) in [6, 6.07) is 40.6. The van der Waals surface area contributed by atoms with E-state index in [1.807, 2.05) is 72.8 Å². The van der Waals surface area contributed by atoms with Crippen molar-refractivity contribution in [3.8, 4) is 0 Å². The standard InChI is InChI=1S/C37H41IO6/c38-22-13-23-40-37-36(43-27-32-20-11-4-12-21-32)35(42-26-31-18-9-3-10-19-31)34(41-25-30-16-7-2-8-17-30)33(44-37)28-39-24-29-14-5-1-6-15-29/h1-12,14-21,33-37H,13,22-28H2/t33-,34-,35+,36-,37-/m1/s1. The summed E-state index contributed by atoms with van der Waals surface area (Å²) in [7, 11) is 0. The minimum absolute atomic E-state index is 0.317. The average molecular weight is 709 g/mol.